The van der Waals surface area contributed by atoms with E-state index >= 15 is 0 Å². The third-order valence-electron chi connectivity index (χ3n) is 3.56. The maximum Gasteiger partial charge on any atom is 0.133 e. The van der Waals surface area contributed by atoms with Crippen LogP contribution in [0.3, 0.4) is 0 Å². The van der Waals surface area contributed by atoms with Crippen LogP contribution in [0.2, 0.25) is 0 Å². The molecular weight excluding hydrogens is 240 g/mol. The van der Waals surface area contributed by atoms with Gasteiger partial charge in [0.15, 0.2) is 0 Å². The summed E-state index contributed by atoms with van der Waals surface area (Å²) in [5.41, 5.74) is 1.22. The van der Waals surface area contributed by atoms with E-state index in [0.29, 0.717) is 6.61 Å². The quantitative estimate of drug-likeness (QED) is 0.696. The summed E-state index contributed by atoms with van der Waals surface area (Å²) in [6.45, 7) is 8.98. The number of rotatable bonds is 9. The largest absolute Gasteiger partial charge is 0.467 e. The smallest absolute Gasteiger partial charge is 0.133 e. The maximum atomic E-state index is 5.72. The van der Waals surface area contributed by atoms with Gasteiger partial charge in [0.1, 0.15) is 12.4 Å². The second-order valence-corrected chi connectivity index (χ2v) is 5.15. The summed E-state index contributed by atoms with van der Waals surface area (Å²) in [5, 5.41) is 3.39. The Labute approximate surface area is 116 Å². The van der Waals surface area contributed by atoms with E-state index in [-0.39, 0.29) is 0 Å². The predicted molar refractivity (Wildman–Crippen MR) is 76.0 cm³/mol. The van der Waals surface area contributed by atoms with Crippen molar-refractivity contribution in [2.75, 3.05) is 32.8 Å². The van der Waals surface area contributed by atoms with E-state index in [2.05, 4.69) is 17.1 Å². The van der Waals surface area contributed by atoms with Gasteiger partial charge in [-0.1, -0.05) is 6.92 Å². The molecule has 0 atom stereocenters. The molecule has 1 fully saturated rings. The fraction of sp³-hybridized carbons (Fsp3) is 0.733. The number of hydrogen-bond acceptors (Lipinski definition) is 4. The van der Waals surface area contributed by atoms with Crippen molar-refractivity contribution in [1.82, 2.24) is 10.2 Å². The Morgan fingerprint density at radius 2 is 2.21 bits per heavy atom. The van der Waals surface area contributed by atoms with Gasteiger partial charge in [-0.2, -0.15) is 0 Å². The molecule has 0 aromatic carbocycles. The Kier molecular flexibility index (Phi) is 6.41. The third kappa shape index (κ3) is 4.97. The Morgan fingerprint density at radius 1 is 1.37 bits per heavy atom. The van der Waals surface area contributed by atoms with Gasteiger partial charge in [-0.05, 0) is 45.0 Å². The summed E-state index contributed by atoms with van der Waals surface area (Å²) in [6, 6.07) is 2.03. The van der Waals surface area contributed by atoms with E-state index in [1.165, 1.54) is 31.5 Å². The predicted octanol–water partition coefficient (Wildman–Crippen LogP) is 2.39. The van der Waals surface area contributed by atoms with Gasteiger partial charge in [0.05, 0.1) is 12.9 Å². The van der Waals surface area contributed by atoms with Crippen molar-refractivity contribution in [3.05, 3.63) is 23.7 Å². The normalized spacial score (nSPS) is 16.3. The van der Waals surface area contributed by atoms with Crippen LogP contribution in [-0.2, 0) is 17.9 Å². The van der Waals surface area contributed by atoms with Gasteiger partial charge < -0.3 is 19.4 Å². The number of ether oxygens (including phenoxy) is 1. The van der Waals surface area contributed by atoms with E-state index in [0.717, 1.165) is 38.4 Å². The summed E-state index contributed by atoms with van der Waals surface area (Å²) >= 11 is 0. The minimum Gasteiger partial charge on any atom is -0.467 e. The van der Waals surface area contributed by atoms with Crippen LogP contribution in [0.15, 0.2) is 16.7 Å². The third-order valence-corrected chi connectivity index (χ3v) is 3.56. The lowest BCUT2D eigenvalue weighted by molar-refractivity contribution is 0.0868. The average molecular weight is 266 g/mol. The lowest BCUT2D eigenvalue weighted by atomic mass is 10.2. The highest BCUT2D eigenvalue weighted by Crippen LogP contribution is 2.12. The standard InChI is InChI=1S/C15H26N2O2/c1-2-6-16-12-14-5-10-19-15(14)13-18-11-9-17-7-3-4-8-17/h5,10,16H,2-4,6-9,11-13H2,1H3. The first-order valence-corrected chi connectivity index (χ1v) is 7.46. The van der Waals surface area contributed by atoms with Crippen molar-refractivity contribution in [2.45, 2.75) is 39.3 Å². The molecule has 2 heterocycles. The number of furan rings is 1. The fourth-order valence-electron chi connectivity index (χ4n) is 2.42. The van der Waals surface area contributed by atoms with Crippen LogP contribution in [0.4, 0.5) is 0 Å². The Balaban J connectivity index is 1.63. The molecule has 0 spiro atoms. The molecule has 0 saturated carbocycles. The maximum absolute atomic E-state index is 5.72. The van der Waals surface area contributed by atoms with E-state index in [1.807, 2.05) is 6.07 Å². The lowest BCUT2D eigenvalue weighted by Gasteiger charge is -2.14. The van der Waals surface area contributed by atoms with Crippen molar-refractivity contribution >= 4 is 0 Å². The molecule has 0 bridgehead atoms. The second-order valence-electron chi connectivity index (χ2n) is 5.15. The van der Waals surface area contributed by atoms with Gasteiger partial charge in [0, 0.05) is 18.7 Å². The molecule has 1 aliphatic rings. The summed E-state index contributed by atoms with van der Waals surface area (Å²) in [7, 11) is 0. The van der Waals surface area contributed by atoms with Gasteiger partial charge in [0.25, 0.3) is 0 Å². The second kappa shape index (κ2) is 8.35. The number of nitrogens with zero attached hydrogens (tertiary/aromatic N) is 1. The van der Waals surface area contributed by atoms with Crippen molar-refractivity contribution in [1.29, 1.82) is 0 Å². The first-order valence-electron chi connectivity index (χ1n) is 7.46. The number of likely N-dealkylation sites (tertiary alicyclic amines) is 1. The first-order chi connectivity index (χ1) is 9.40. The first kappa shape index (κ1) is 14.6. The molecule has 19 heavy (non-hydrogen) atoms. The SMILES string of the molecule is CCCNCc1ccoc1COCCN1CCCC1. The molecule has 0 aliphatic carbocycles. The van der Waals surface area contributed by atoms with Crippen molar-refractivity contribution in [3.63, 3.8) is 0 Å². The molecule has 0 amide bonds. The number of nitrogens with one attached hydrogen (secondary N) is 1. The molecule has 0 radical (unpaired) electrons. The molecule has 1 aromatic heterocycles. The van der Waals surface area contributed by atoms with Crippen molar-refractivity contribution < 1.29 is 9.15 Å². The van der Waals surface area contributed by atoms with Gasteiger partial charge in [-0.25, -0.2) is 0 Å². The highest BCUT2D eigenvalue weighted by atomic mass is 16.5. The van der Waals surface area contributed by atoms with E-state index < -0.39 is 0 Å². The monoisotopic (exact) mass is 266 g/mol. The minimum absolute atomic E-state index is 0.587. The zero-order valence-corrected chi connectivity index (χ0v) is 12.0. The summed E-state index contributed by atoms with van der Waals surface area (Å²) in [6.07, 6.45) is 5.58. The lowest BCUT2D eigenvalue weighted by Crippen LogP contribution is -2.24. The van der Waals surface area contributed by atoms with Crippen molar-refractivity contribution in [3.8, 4) is 0 Å². The van der Waals surface area contributed by atoms with Gasteiger partial charge in [-0.3, -0.25) is 0 Å². The van der Waals surface area contributed by atoms with Gasteiger partial charge >= 0.3 is 0 Å². The molecule has 0 unspecified atom stereocenters. The molecule has 1 N–H and O–H groups in total. The summed E-state index contributed by atoms with van der Waals surface area (Å²) in [5.74, 6) is 0.963. The molecule has 1 aromatic rings. The Bertz CT molecular complexity index is 346. The zero-order valence-electron chi connectivity index (χ0n) is 12.0. The number of hydrogen-bond donors (Lipinski definition) is 1. The molecule has 4 heteroatoms. The highest BCUT2D eigenvalue weighted by molar-refractivity contribution is 5.16. The van der Waals surface area contributed by atoms with E-state index in [1.54, 1.807) is 6.26 Å². The van der Waals surface area contributed by atoms with Crippen LogP contribution >= 0.6 is 0 Å². The molecule has 1 saturated heterocycles. The molecule has 4 nitrogen and oxygen atoms in total. The van der Waals surface area contributed by atoms with Crippen LogP contribution in [0, 0.1) is 0 Å². The topological polar surface area (TPSA) is 37.6 Å². The van der Waals surface area contributed by atoms with E-state index in [4.69, 9.17) is 9.15 Å². The summed E-state index contributed by atoms with van der Waals surface area (Å²) in [4.78, 5) is 2.46. The average Bonchev–Trinajstić information content (AvgIpc) is 3.06. The van der Waals surface area contributed by atoms with E-state index in [9.17, 15) is 0 Å². The Hall–Kier alpha value is -0.840. The molecule has 1 aliphatic heterocycles. The summed E-state index contributed by atoms with van der Waals surface area (Å²) < 4.78 is 11.2. The molecule has 108 valence electrons. The van der Waals surface area contributed by atoms with Crippen LogP contribution in [-0.4, -0.2) is 37.7 Å². The zero-order chi connectivity index (χ0) is 13.3. The van der Waals surface area contributed by atoms with Crippen molar-refractivity contribution in [2.24, 2.45) is 0 Å². The Morgan fingerprint density at radius 3 is 3.00 bits per heavy atom. The van der Waals surface area contributed by atoms with Crippen LogP contribution in [0.25, 0.3) is 0 Å². The van der Waals surface area contributed by atoms with Crippen LogP contribution in [0.5, 0.6) is 0 Å². The van der Waals surface area contributed by atoms with Gasteiger partial charge in [-0.15, -0.1) is 0 Å². The fourth-order valence-corrected chi connectivity index (χ4v) is 2.42. The molecular formula is C15H26N2O2. The van der Waals surface area contributed by atoms with Gasteiger partial charge in [0.2, 0.25) is 0 Å². The molecule has 2 rings (SSSR count). The highest BCUT2D eigenvalue weighted by Gasteiger charge is 2.11. The minimum atomic E-state index is 0.587. The van der Waals surface area contributed by atoms with Crippen LogP contribution in [0.1, 0.15) is 37.5 Å². The van der Waals surface area contributed by atoms with Crippen LogP contribution < -0.4 is 5.32 Å².